The van der Waals surface area contributed by atoms with Gasteiger partial charge in [0.25, 0.3) is 0 Å². The standard InChI is InChI=1S/C12H23N3/c1-10(2)12(13-3)7-5-6-11-8-9-15(4)14-11/h8-10,12-13H,5-7H2,1-4H3. The van der Waals surface area contributed by atoms with Gasteiger partial charge in [-0.25, -0.2) is 0 Å². The SMILES string of the molecule is CNC(CCCc1ccn(C)n1)C(C)C. The van der Waals surface area contributed by atoms with E-state index in [0.717, 1.165) is 6.42 Å². The molecule has 0 radical (unpaired) electrons. The van der Waals surface area contributed by atoms with Gasteiger partial charge >= 0.3 is 0 Å². The third-order valence-electron chi connectivity index (χ3n) is 2.89. The number of hydrogen-bond donors (Lipinski definition) is 1. The molecule has 15 heavy (non-hydrogen) atoms. The number of hydrogen-bond acceptors (Lipinski definition) is 2. The molecule has 0 aliphatic rings. The average Bonchev–Trinajstić information content (AvgIpc) is 2.58. The first kappa shape index (κ1) is 12.2. The van der Waals surface area contributed by atoms with Crippen molar-refractivity contribution in [3.8, 4) is 0 Å². The van der Waals surface area contributed by atoms with Crippen LogP contribution in [0, 0.1) is 5.92 Å². The second-order valence-electron chi connectivity index (χ2n) is 4.51. The molecular weight excluding hydrogens is 186 g/mol. The molecular formula is C12H23N3. The van der Waals surface area contributed by atoms with Gasteiger partial charge in [0, 0.05) is 19.3 Å². The summed E-state index contributed by atoms with van der Waals surface area (Å²) in [7, 11) is 4.01. The number of aromatic nitrogens is 2. The summed E-state index contributed by atoms with van der Waals surface area (Å²) in [6.45, 7) is 4.53. The maximum atomic E-state index is 4.37. The van der Waals surface area contributed by atoms with E-state index < -0.39 is 0 Å². The van der Waals surface area contributed by atoms with E-state index in [2.05, 4.69) is 30.3 Å². The monoisotopic (exact) mass is 209 g/mol. The molecule has 0 aliphatic heterocycles. The van der Waals surface area contributed by atoms with Crippen LogP contribution in [-0.2, 0) is 13.5 Å². The van der Waals surface area contributed by atoms with Gasteiger partial charge in [0.15, 0.2) is 0 Å². The van der Waals surface area contributed by atoms with Crippen LogP contribution < -0.4 is 5.32 Å². The molecule has 1 rings (SSSR count). The third kappa shape index (κ3) is 4.04. The molecule has 1 aromatic heterocycles. The fourth-order valence-electron chi connectivity index (χ4n) is 1.91. The summed E-state index contributed by atoms with van der Waals surface area (Å²) in [5, 5.41) is 7.74. The molecule has 86 valence electrons. The topological polar surface area (TPSA) is 29.9 Å². The highest BCUT2D eigenvalue weighted by atomic mass is 15.2. The van der Waals surface area contributed by atoms with Crippen LogP contribution in [0.2, 0.25) is 0 Å². The maximum absolute atomic E-state index is 4.37. The van der Waals surface area contributed by atoms with Crippen LogP contribution in [0.5, 0.6) is 0 Å². The Morgan fingerprint density at radius 1 is 1.47 bits per heavy atom. The van der Waals surface area contributed by atoms with E-state index in [1.54, 1.807) is 0 Å². The average molecular weight is 209 g/mol. The summed E-state index contributed by atoms with van der Waals surface area (Å²) < 4.78 is 1.87. The van der Waals surface area contributed by atoms with Crippen molar-refractivity contribution in [1.29, 1.82) is 0 Å². The van der Waals surface area contributed by atoms with Crippen LogP contribution in [0.3, 0.4) is 0 Å². The van der Waals surface area contributed by atoms with E-state index in [1.807, 2.05) is 25.0 Å². The van der Waals surface area contributed by atoms with Crippen molar-refractivity contribution in [1.82, 2.24) is 15.1 Å². The molecule has 1 N–H and O–H groups in total. The van der Waals surface area contributed by atoms with Crippen LogP contribution in [0.15, 0.2) is 12.3 Å². The Kier molecular flexibility index (Phi) is 4.82. The molecule has 0 spiro atoms. The summed E-state index contributed by atoms with van der Waals surface area (Å²) in [6, 6.07) is 2.73. The molecule has 1 heterocycles. The Morgan fingerprint density at radius 3 is 2.67 bits per heavy atom. The normalized spacial score (nSPS) is 13.4. The van der Waals surface area contributed by atoms with Gasteiger partial charge in [-0.2, -0.15) is 5.10 Å². The van der Waals surface area contributed by atoms with Gasteiger partial charge in [-0.1, -0.05) is 13.8 Å². The summed E-state index contributed by atoms with van der Waals surface area (Å²) in [6.07, 6.45) is 5.53. The Bertz CT molecular complexity index is 278. The lowest BCUT2D eigenvalue weighted by Gasteiger charge is -2.19. The predicted octanol–water partition coefficient (Wildman–Crippen LogP) is 1.99. The Balaban J connectivity index is 2.26. The summed E-state index contributed by atoms with van der Waals surface area (Å²) in [5.74, 6) is 0.707. The van der Waals surface area contributed by atoms with Gasteiger partial charge in [0.2, 0.25) is 0 Å². The highest BCUT2D eigenvalue weighted by molar-refractivity contribution is 4.98. The smallest absolute Gasteiger partial charge is 0.0624 e. The molecule has 1 atom stereocenters. The minimum absolute atomic E-state index is 0.633. The summed E-state index contributed by atoms with van der Waals surface area (Å²) in [4.78, 5) is 0. The highest BCUT2D eigenvalue weighted by Crippen LogP contribution is 2.10. The van der Waals surface area contributed by atoms with Gasteiger partial charge in [-0.15, -0.1) is 0 Å². The van der Waals surface area contributed by atoms with Gasteiger partial charge in [0.05, 0.1) is 5.69 Å². The quantitative estimate of drug-likeness (QED) is 0.776. The summed E-state index contributed by atoms with van der Waals surface area (Å²) >= 11 is 0. The van der Waals surface area contributed by atoms with Crippen LogP contribution >= 0.6 is 0 Å². The van der Waals surface area contributed by atoms with Crippen LogP contribution in [-0.4, -0.2) is 22.9 Å². The molecule has 3 heteroatoms. The van der Waals surface area contributed by atoms with E-state index in [9.17, 15) is 0 Å². The molecule has 1 aromatic rings. The Hall–Kier alpha value is -0.830. The van der Waals surface area contributed by atoms with Crippen LogP contribution in [0.25, 0.3) is 0 Å². The van der Waals surface area contributed by atoms with Crippen molar-refractivity contribution in [3.63, 3.8) is 0 Å². The molecule has 0 saturated carbocycles. The molecule has 3 nitrogen and oxygen atoms in total. The number of rotatable bonds is 6. The lowest BCUT2D eigenvalue weighted by Crippen LogP contribution is -2.30. The number of nitrogens with zero attached hydrogens (tertiary/aromatic N) is 2. The first-order valence-corrected chi connectivity index (χ1v) is 5.79. The third-order valence-corrected chi connectivity index (χ3v) is 2.89. The zero-order valence-corrected chi connectivity index (χ0v) is 10.3. The zero-order valence-electron chi connectivity index (χ0n) is 10.3. The molecule has 0 aliphatic carbocycles. The first-order valence-electron chi connectivity index (χ1n) is 5.79. The van der Waals surface area contributed by atoms with E-state index in [4.69, 9.17) is 0 Å². The second kappa shape index (κ2) is 5.91. The largest absolute Gasteiger partial charge is 0.317 e. The minimum Gasteiger partial charge on any atom is -0.317 e. The van der Waals surface area contributed by atoms with Crippen LogP contribution in [0.1, 0.15) is 32.4 Å². The van der Waals surface area contributed by atoms with Crippen molar-refractivity contribution in [3.05, 3.63) is 18.0 Å². The van der Waals surface area contributed by atoms with Crippen molar-refractivity contribution in [2.75, 3.05) is 7.05 Å². The summed E-state index contributed by atoms with van der Waals surface area (Å²) in [5.41, 5.74) is 1.20. The molecule has 0 aromatic carbocycles. The molecule has 0 saturated heterocycles. The number of nitrogens with one attached hydrogen (secondary N) is 1. The first-order chi connectivity index (χ1) is 7.13. The van der Waals surface area contributed by atoms with Gasteiger partial charge in [-0.3, -0.25) is 4.68 Å². The maximum Gasteiger partial charge on any atom is 0.0624 e. The second-order valence-corrected chi connectivity index (χ2v) is 4.51. The molecule has 1 unspecified atom stereocenters. The fourth-order valence-corrected chi connectivity index (χ4v) is 1.91. The lowest BCUT2D eigenvalue weighted by molar-refractivity contribution is 0.393. The lowest BCUT2D eigenvalue weighted by atomic mass is 9.98. The van der Waals surface area contributed by atoms with Crippen LogP contribution in [0.4, 0.5) is 0 Å². The van der Waals surface area contributed by atoms with Gasteiger partial charge in [0.1, 0.15) is 0 Å². The van der Waals surface area contributed by atoms with Crippen molar-refractivity contribution < 1.29 is 0 Å². The predicted molar refractivity (Wildman–Crippen MR) is 63.8 cm³/mol. The zero-order chi connectivity index (χ0) is 11.3. The van der Waals surface area contributed by atoms with E-state index in [-0.39, 0.29) is 0 Å². The Morgan fingerprint density at radius 2 is 2.20 bits per heavy atom. The number of aryl methyl sites for hydroxylation is 2. The minimum atomic E-state index is 0.633. The highest BCUT2D eigenvalue weighted by Gasteiger charge is 2.10. The molecule has 0 fully saturated rings. The van der Waals surface area contributed by atoms with Crippen molar-refractivity contribution >= 4 is 0 Å². The van der Waals surface area contributed by atoms with Gasteiger partial charge < -0.3 is 5.32 Å². The molecule has 0 bridgehead atoms. The van der Waals surface area contributed by atoms with E-state index in [1.165, 1.54) is 18.5 Å². The van der Waals surface area contributed by atoms with E-state index in [0.29, 0.717) is 12.0 Å². The van der Waals surface area contributed by atoms with Gasteiger partial charge in [-0.05, 0) is 38.3 Å². The fraction of sp³-hybridized carbons (Fsp3) is 0.750. The van der Waals surface area contributed by atoms with Crippen molar-refractivity contribution in [2.45, 2.75) is 39.2 Å². The van der Waals surface area contributed by atoms with Crippen molar-refractivity contribution in [2.24, 2.45) is 13.0 Å². The van der Waals surface area contributed by atoms with E-state index >= 15 is 0 Å². The Labute approximate surface area is 92.9 Å². The molecule has 0 amide bonds.